The molecule has 0 radical (unpaired) electrons. The van der Waals surface area contributed by atoms with Gasteiger partial charge in [-0.3, -0.25) is 19.2 Å². The summed E-state index contributed by atoms with van der Waals surface area (Å²) in [5, 5.41) is 36.2. The number of aromatic amines is 1. The maximum atomic E-state index is 13.2. The molecule has 208 valence electrons. The summed E-state index contributed by atoms with van der Waals surface area (Å²) in [6.07, 6.45) is -0.364. The fourth-order valence-corrected chi connectivity index (χ4v) is 3.79. The van der Waals surface area contributed by atoms with Crippen molar-refractivity contribution in [1.29, 1.82) is 0 Å². The highest BCUT2D eigenvalue weighted by Crippen LogP contribution is 2.19. The molecule has 1 aromatic carbocycles. The number of aliphatic hydroxyl groups is 1. The number of H-pyrrole nitrogens is 1. The van der Waals surface area contributed by atoms with Gasteiger partial charge in [0.1, 0.15) is 24.2 Å². The van der Waals surface area contributed by atoms with Crippen molar-refractivity contribution >= 4 is 40.6 Å². The van der Waals surface area contributed by atoms with Gasteiger partial charge >= 0.3 is 11.9 Å². The van der Waals surface area contributed by atoms with Gasteiger partial charge in [-0.15, -0.1) is 0 Å². The molecule has 1 aromatic heterocycles. The third-order valence-corrected chi connectivity index (χ3v) is 6.06. The van der Waals surface area contributed by atoms with Crippen molar-refractivity contribution in [2.24, 2.45) is 11.7 Å². The first-order chi connectivity index (χ1) is 17.8. The number of carbonyl (C=O) groups excluding carboxylic acids is 3. The number of nitrogens with one attached hydrogen (secondary N) is 4. The van der Waals surface area contributed by atoms with Crippen LogP contribution in [0.1, 0.15) is 39.2 Å². The highest BCUT2D eigenvalue weighted by atomic mass is 16.4. The zero-order chi connectivity index (χ0) is 28.6. The van der Waals surface area contributed by atoms with E-state index in [1.807, 2.05) is 18.2 Å². The zero-order valence-corrected chi connectivity index (χ0v) is 21.4. The number of carboxylic acids is 2. The number of aliphatic hydroxyl groups excluding tert-OH is 1. The van der Waals surface area contributed by atoms with Crippen LogP contribution in [0.3, 0.4) is 0 Å². The third-order valence-electron chi connectivity index (χ3n) is 6.06. The van der Waals surface area contributed by atoms with Crippen molar-refractivity contribution < 1.29 is 39.3 Å². The summed E-state index contributed by atoms with van der Waals surface area (Å²) in [6.45, 7) is 4.67. The summed E-state index contributed by atoms with van der Waals surface area (Å²) in [5.41, 5.74) is 7.13. The molecule has 0 fully saturated rings. The van der Waals surface area contributed by atoms with E-state index in [0.29, 0.717) is 5.56 Å². The Hall–Kier alpha value is -3.97. The Morgan fingerprint density at radius 3 is 2.13 bits per heavy atom. The van der Waals surface area contributed by atoms with E-state index in [0.717, 1.165) is 10.9 Å². The molecule has 1 heterocycles. The Bertz CT molecular complexity index is 1160. The molecule has 3 amide bonds. The molecule has 5 unspecified atom stereocenters. The van der Waals surface area contributed by atoms with Crippen LogP contribution in [0.4, 0.5) is 0 Å². The van der Waals surface area contributed by atoms with Crippen molar-refractivity contribution in [1.82, 2.24) is 20.9 Å². The molecule has 13 heteroatoms. The number of amides is 3. The summed E-state index contributed by atoms with van der Waals surface area (Å²) >= 11 is 0. The summed E-state index contributed by atoms with van der Waals surface area (Å²) < 4.78 is 0. The maximum absolute atomic E-state index is 13.2. The van der Waals surface area contributed by atoms with E-state index in [1.165, 1.54) is 6.92 Å². The van der Waals surface area contributed by atoms with Crippen LogP contribution in [0.15, 0.2) is 30.5 Å². The van der Waals surface area contributed by atoms with E-state index in [1.54, 1.807) is 26.1 Å². The van der Waals surface area contributed by atoms with E-state index >= 15 is 0 Å². The number of carboxylic acid groups (broad SMARTS) is 2. The molecule has 0 spiro atoms. The number of hydrogen-bond donors (Lipinski definition) is 8. The fraction of sp³-hybridized carbons (Fsp3) is 0.480. The van der Waals surface area contributed by atoms with Crippen molar-refractivity contribution in [3.63, 3.8) is 0 Å². The van der Waals surface area contributed by atoms with Gasteiger partial charge in [0.2, 0.25) is 17.7 Å². The number of carbonyl (C=O) groups is 5. The van der Waals surface area contributed by atoms with E-state index in [-0.39, 0.29) is 12.8 Å². The maximum Gasteiger partial charge on any atom is 0.326 e. The number of hydrogen-bond acceptors (Lipinski definition) is 7. The van der Waals surface area contributed by atoms with Crippen LogP contribution in [0.25, 0.3) is 10.9 Å². The predicted molar refractivity (Wildman–Crippen MR) is 137 cm³/mol. The average molecular weight is 534 g/mol. The van der Waals surface area contributed by atoms with E-state index in [2.05, 4.69) is 20.9 Å². The van der Waals surface area contributed by atoms with Gasteiger partial charge in [-0.05, 0) is 30.9 Å². The van der Waals surface area contributed by atoms with Gasteiger partial charge in [0.15, 0.2) is 0 Å². The van der Waals surface area contributed by atoms with Crippen LogP contribution in [0.5, 0.6) is 0 Å². The molecule has 5 atom stereocenters. The van der Waals surface area contributed by atoms with E-state index < -0.39 is 72.3 Å². The van der Waals surface area contributed by atoms with Crippen molar-refractivity contribution in [2.75, 3.05) is 0 Å². The SMILES string of the molecule is CC(C)C(NC(=O)C(N)C(C)O)C(=O)NC(Cc1c[nH]c2ccccc12)C(=O)NC(CCC(=O)O)C(=O)O. The van der Waals surface area contributed by atoms with Crippen LogP contribution in [0, 0.1) is 5.92 Å². The van der Waals surface area contributed by atoms with Crippen LogP contribution in [-0.4, -0.2) is 80.2 Å². The molecular formula is C25H35N5O8. The van der Waals surface area contributed by atoms with E-state index in [9.17, 15) is 34.2 Å². The molecule has 0 bridgehead atoms. The minimum atomic E-state index is -1.49. The zero-order valence-electron chi connectivity index (χ0n) is 21.4. The monoisotopic (exact) mass is 533 g/mol. The summed E-state index contributed by atoms with van der Waals surface area (Å²) in [7, 11) is 0. The lowest BCUT2D eigenvalue weighted by molar-refractivity contribution is -0.143. The average Bonchev–Trinajstić information content (AvgIpc) is 3.25. The molecule has 0 saturated carbocycles. The normalized spacial score (nSPS) is 15.2. The number of para-hydroxylation sites is 1. The molecular weight excluding hydrogens is 498 g/mol. The minimum Gasteiger partial charge on any atom is -0.481 e. The van der Waals surface area contributed by atoms with Gasteiger partial charge in [0.25, 0.3) is 0 Å². The van der Waals surface area contributed by atoms with E-state index in [4.69, 9.17) is 10.8 Å². The highest BCUT2D eigenvalue weighted by Gasteiger charge is 2.33. The molecule has 0 aliphatic heterocycles. The lowest BCUT2D eigenvalue weighted by atomic mass is 9.99. The Morgan fingerprint density at radius 2 is 1.55 bits per heavy atom. The van der Waals surface area contributed by atoms with Crippen molar-refractivity contribution in [2.45, 2.75) is 70.3 Å². The first-order valence-corrected chi connectivity index (χ1v) is 12.2. The van der Waals surface area contributed by atoms with Gasteiger partial charge in [0.05, 0.1) is 6.10 Å². The summed E-state index contributed by atoms with van der Waals surface area (Å²) in [4.78, 5) is 64.5. The van der Waals surface area contributed by atoms with Gasteiger partial charge in [-0.1, -0.05) is 32.0 Å². The highest BCUT2D eigenvalue weighted by molar-refractivity contribution is 5.95. The molecule has 0 aliphatic carbocycles. The lowest BCUT2D eigenvalue weighted by Gasteiger charge is -2.27. The fourth-order valence-electron chi connectivity index (χ4n) is 3.79. The first kappa shape index (κ1) is 30.3. The van der Waals surface area contributed by atoms with Crippen LogP contribution in [0.2, 0.25) is 0 Å². The second-order valence-electron chi connectivity index (χ2n) is 9.45. The van der Waals surface area contributed by atoms with Gasteiger partial charge in [-0.25, -0.2) is 4.79 Å². The summed E-state index contributed by atoms with van der Waals surface area (Å²) in [6, 6.07) is 2.11. The van der Waals surface area contributed by atoms with Crippen LogP contribution in [-0.2, 0) is 30.4 Å². The second kappa shape index (κ2) is 13.5. The van der Waals surface area contributed by atoms with Gasteiger partial charge in [-0.2, -0.15) is 0 Å². The quantitative estimate of drug-likeness (QED) is 0.156. The first-order valence-electron chi connectivity index (χ1n) is 12.2. The number of aliphatic carboxylic acids is 2. The molecule has 13 nitrogen and oxygen atoms in total. The van der Waals surface area contributed by atoms with Crippen molar-refractivity contribution in [3.8, 4) is 0 Å². The van der Waals surface area contributed by atoms with Crippen LogP contribution < -0.4 is 21.7 Å². The molecule has 0 saturated heterocycles. The topological polar surface area (TPSA) is 224 Å². The lowest BCUT2D eigenvalue weighted by Crippen LogP contribution is -2.59. The Labute approximate surface area is 219 Å². The standard InChI is InChI=1S/C25H35N5O8/c1-12(2)21(30-23(35)20(26)13(3)31)24(36)29-18(10-14-11-27-16-7-5-4-6-15(14)16)22(34)28-17(25(37)38)8-9-19(32)33/h4-7,11-13,17-18,20-21,27,31H,8-10,26H2,1-3H3,(H,28,34)(H,29,36)(H,30,35)(H,32,33)(H,37,38). The summed E-state index contributed by atoms with van der Waals surface area (Å²) in [5.74, 6) is -5.39. The third kappa shape index (κ3) is 8.28. The number of nitrogens with two attached hydrogens (primary N) is 1. The molecule has 2 rings (SSSR count). The molecule has 9 N–H and O–H groups in total. The largest absolute Gasteiger partial charge is 0.481 e. The minimum absolute atomic E-state index is 0.0290. The predicted octanol–water partition coefficient (Wildman–Crippen LogP) is -0.522. The Balaban J connectivity index is 2.32. The number of rotatable bonds is 14. The van der Waals surface area contributed by atoms with Gasteiger partial charge in [0, 0.05) is 29.9 Å². The molecule has 38 heavy (non-hydrogen) atoms. The smallest absolute Gasteiger partial charge is 0.326 e. The number of aromatic nitrogens is 1. The Kier molecular flexibility index (Phi) is 10.8. The number of benzene rings is 1. The second-order valence-corrected chi connectivity index (χ2v) is 9.45. The van der Waals surface area contributed by atoms with Crippen molar-refractivity contribution in [3.05, 3.63) is 36.0 Å². The molecule has 2 aromatic rings. The molecule has 0 aliphatic rings. The Morgan fingerprint density at radius 1 is 0.921 bits per heavy atom. The number of fused-ring (bicyclic) bond motifs is 1. The van der Waals surface area contributed by atoms with Crippen LogP contribution >= 0.6 is 0 Å². The van der Waals surface area contributed by atoms with Gasteiger partial charge < -0.3 is 42.0 Å².